The zero-order valence-electron chi connectivity index (χ0n) is 8.25. The molecule has 0 saturated carbocycles. The standard InChI is InChI=1S/C11H15FO/c1-11(2,3)13-10(12)9-7-5-4-6-8-9/h4-8,10H,1-3H3. The summed E-state index contributed by atoms with van der Waals surface area (Å²) in [6, 6.07) is 8.89. The monoisotopic (exact) mass is 182 g/mol. The molecule has 1 aromatic rings. The van der Waals surface area contributed by atoms with Crippen molar-refractivity contribution in [2.24, 2.45) is 0 Å². The van der Waals surface area contributed by atoms with Crippen LogP contribution < -0.4 is 0 Å². The molecule has 0 aromatic heterocycles. The maximum atomic E-state index is 13.4. The van der Waals surface area contributed by atoms with Gasteiger partial charge in [0.15, 0.2) is 0 Å². The Morgan fingerprint density at radius 1 is 1.15 bits per heavy atom. The molecule has 0 radical (unpaired) electrons. The van der Waals surface area contributed by atoms with Gasteiger partial charge in [-0.15, -0.1) is 0 Å². The molecular formula is C11H15FO. The number of alkyl halides is 1. The third-order valence-electron chi connectivity index (χ3n) is 1.52. The van der Waals surface area contributed by atoms with Crippen LogP contribution in [0.4, 0.5) is 4.39 Å². The second-order valence-corrected chi connectivity index (χ2v) is 3.96. The summed E-state index contributed by atoms with van der Waals surface area (Å²) in [5, 5.41) is 0. The molecule has 1 aromatic carbocycles. The second-order valence-electron chi connectivity index (χ2n) is 3.96. The molecule has 0 bridgehead atoms. The number of benzene rings is 1. The van der Waals surface area contributed by atoms with Gasteiger partial charge in [-0.05, 0) is 20.8 Å². The van der Waals surface area contributed by atoms with Gasteiger partial charge in [0.25, 0.3) is 0 Å². The maximum absolute atomic E-state index is 13.4. The third kappa shape index (κ3) is 3.55. The molecule has 1 nitrogen and oxygen atoms in total. The van der Waals surface area contributed by atoms with Gasteiger partial charge in [-0.1, -0.05) is 30.3 Å². The average molecular weight is 182 g/mol. The van der Waals surface area contributed by atoms with Gasteiger partial charge in [-0.2, -0.15) is 0 Å². The Labute approximate surface area is 78.5 Å². The Hall–Kier alpha value is -0.890. The summed E-state index contributed by atoms with van der Waals surface area (Å²) in [5.41, 5.74) is 0.118. The van der Waals surface area contributed by atoms with Gasteiger partial charge in [-0.25, -0.2) is 4.39 Å². The molecule has 2 heteroatoms. The molecule has 0 fully saturated rings. The van der Waals surface area contributed by atoms with E-state index in [9.17, 15) is 4.39 Å². The molecule has 1 unspecified atom stereocenters. The molecule has 0 heterocycles. The molecule has 0 saturated heterocycles. The van der Waals surface area contributed by atoms with Gasteiger partial charge in [0, 0.05) is 5.56 Å². The lowest BCUT2D eigenvalue weighted by Crippen LogP contribution is -2.20. The molecule has 72 valence electrons. The molecule has 1 atom stereocenters. The topological polar surface area (TPSA) is 9.23 Å². The van der Waals surface area contributed by atoms with Gasteiger partial charge in [0.2, 0.25) is 6.36 Å². The molecule has 0 N–H and O–H groups in total. The highest BCUT2D eigenvalue weighted by atomic mass is 19.1. The number of hydrogen-bond acceptors (Lipinski definition) is 1. The summed E-state index contributed by atoms with van der Waals surface area (Å²) in [4.78, 5) is 0. The lowest BCUT2D eigenvalue weighted by atomic mass is 10.1. The normalized spacial score (nSPS) is 14.2. The summed E-state index contributed by atoms with van der Waals surface area (Å²) in [6.07, 6.45) is -1.33. The highest BCUT2D eigenvalue weighted by Gasteiger charge is 2.18. The first-order chi connectivity index (χ1) is 5.99. The van der Waals surface area contributed by atoms with Crippen LogP contribution in [0.2, 0.25) is 0 Å². The predicted molar refractivity (Wildman–Crippen MR) is 51.1 cm³/mol. The quantitative estimate of drug-likeness (QED) is 0.680. The zero-order valence-corrected chi connectivity index (χ0v) is 8.25. The van der Waals surface area contributed by atoms with Crippen molar-refractivity contribution in [1.82, 2.24) is 0 Å². The van der Waals surface area contributed by atoms with Crippen molar-refractivity contribution in [3.05, 3.63) is 35.9 Å². The van der Waals surface area contributed by atoms with Crippen LogP contribution in [0.15, 0.2) is 30.3 Å². The van der Waals surface area contributed by atoms with E-state index in [0.29, 0.717) is 5.56 Å². The van der Waals surface area contributed by atoms with E-state index in [2.05, 4.69) is 0 Å². The predicted octanol–water partition coefficient (Wildman–Crippen LogP) is 3.47. The van der Waals surface area contributed by atoms with Crippen molar-refractivity contribution >= 4 is 0 Å². The second kappa shape index (κ2) is 3.88. The first kappa shape index (κ1) is 10.2. The van der Waals surface area contributed by atoms with Crippen LogP contribution in [0.1, 0.15) is 32.7 Å². The number of rotatable bonds is 2. The molecule has 0 spiro atoms. The fourth-order valence-electron chi connectivity index (χ4n) is 0.983. The van der Waals surface area contributed by atoms with Gasteiger partial charge in [0.05, 0.1) is 5.60 Å². The van der Waals surface area contributed by atoms with Crippen molar-refractivity contribution < 1.29 is 9.13 Å². The van der Waals surface area contributed by atoms with Gasteiger partial charge in [0.1, 0.15) is 0 Å². The molecule has 0 aliphatic carbocycles. The Morgan fingerprint density at radius 2 is 1.69 bits per heavy atom. The van der Waals surface area contributed by atoms with Gasteiger partial charge >= 0.3 is 0 Å². The smallest absolute Gasteiger partial charge is 0.225 e. The van der Waals surface area contributed by atoms with Crippen LogP contribution in [-0.2, 0) is 4.74 Å². The minimum absolute atomic E-state index is 0.449. The number of ether oxygens (including phenoxy) is 1. The minimum atomic E-state index is -1.33. The summed E-state index contributed by atoms with van der Waals surface area (Å²) in [7, 11) is 0. The first-order valence-corrected chi connectivity index (χ1v) is 4.36. The molecular weight excluding hydrogens is 167 g/mol. The zero-order chi connectivity index (χ0) is 9.90. The fourth-order valence-corrected chi connectivity index (χ4v) is 0.983. The molecule has 0 amide bonds. The van der Waals surface area contributed by atoms with Crippen LogP contribution in [0.5, 0.6) is 0 Å². The molecule has 0 aliphatic heterocycles. The summed E-state index contributed by atoms with van der Waals surface area (Å²) in [6.45, 7) is 5.51. The largest absolute Gasteiger partial charge is 0.339 e. The summed E-state index contributed by atoms with van der Waals surface area (Å²) < 4.78 is 18.6. The van der Waals surface area contributed by atoms with Crippen molar-refractivity contribution in [3.8, 4) is 0 Å². The van der Waals surface area contributed by atoms with Crippen LogP contribution in [0.25, 0.3) is 0 Å². The van der Waals surface area contributed by atoms with Crippen LogP contribution >= 0.6 is 0 Å². The van der Waals surface area contributed by atoms with E-state index < -0.39 is 12.0 Å². The van der Waals surface area contributed by atoms with E-state index in [0.717, 1.165) is 0 Å². The Morgan fingerprint density at radius 3 is 2.15 bits per heavy atom. The van der Waals surface area contributed by atoms with Crippen molar-refractivity contribution in [2.45, 2.75) is 32.7 Å². The SMILES string of the molecule is CC(C)(C)OC(F)c1ccccc1. The Bertz CT molecular complexity index is 251. The van der Waals surface area contributed by atoms with E-state index in [-0.39, 0.29) is 0 Å². The first-order valence-electron chi connectivity index (χ1n) is 4.36. The molecule has 13 heavy (non-hydrogen) atoms. The van der Waals surface area contributed by atoms with E-state index in [1.54, 1.807) is 24.3 Å². The van der Waals surface area contributed by atoms with Crippen molar-refractivity contribution in [3.63, 3.8) is 0 Å². The maximum Gasteiger partial charge on any atom is 0.225 e. The minimum Gasteiger partial charge on any atom is -0.339 e. The molecule has 0 aliphatic rings. The number of hydrogen-bond donors (Lipinski definition) is 0. The summed E-state index contributed by atoms with van der Waals surface area (Å²) in [5.74, 6) is 0. The van der Waals surface area contributed by atoms with Crippen molar-refractivity contribution in [1.29, 1.82) is 0 Å². The lowest BCUT2D eigenvalue weighted by Gasteiger charge is -2.22. The van der Waals surface area contributed by atoms with Gasteiger partial charge < -0.3 is 4.74 Å². The Kier molecular flexibility index (Phi) is 3.04. The molecule has 1 rings (SSSR count). The number of halogens is 1. The van der Waals surface area contributed by atoms with E-state index in [4.69, 9.17) is 4.74 Å². The highest BCUT2D eigenvalue weighted by Crippen LogP contribution is 2.24. The van der Waals surface area contributed by atoms with Crippen molar-refractivity contribution in [2.75, 3.05) is 0 Å². The lowest BCUT2D eigenvalue weighted by molar-refractivity contribution is -0.125. The third-order valence-corrected chi connectivity index (χ3v) is 1.52. The summed E-state index contributed by atoms with van der Waals surface area (Å²) >= 11 is 0. The van der Waals surface area contributed by atoms with E-state index in [1.807, 2.05) is 26.8 Å². The van der Waals surface area contributed by atoms with Crippen LogP contribution in [-0.4, -0.2) is 5.60 Å². The van der Waals surface area contributed by atoms with Crippen LogP contribution in [0.3, 0.4) is 0 Å². The highest BCUT2D eigenvalue weighted by molar-refractivity contribution is 5.15. The Balaban J connectivity index is 2.64. The van der Waals surface area contributed by atoms with E-state index >= 15 is 0 Å². The van der Waals surface area contributed by atoms with Gasteiger partial charge in [-0.3, -0.25) is 0 Å². The average Bonchev–Trinajstić information content (AvgIpc) is 2.03. The van der Waals surface area contributed by atoms with Crippen LogP contribution in [0, 0.1) is 0 Å². The van der Waals surface area contributed by atoms with E-state index in [1.165, 1.54) is 0 Å². The fraction of sp³-hybridized carbons (Fsp3) is 0.455.